The predicted molar refractivity (Wildman–Crippen MR) is 67.6 cm³/mol. The molecule has 1 unspecified atom stereocenters. The van der Waals surface area contributed by atoms with Crippen molar-refractivity contribution in [3.8, 4) is 0 Å². The van der Waals surface area contributed by atoms with E-state index in [4.69, 9.17) is 0 Å². The number of hydrogen-bond donors (Lipinski definition) is 1. The summed E-state index contributed by atoms with van der Waals surface area (Å²) in [7, 11) is -1.55. The van der Waals surface area contributed by atoms with Crippen LogP contribution >= 0.6 is 0 Å². The van der Waals surface area contributed by atoms with E-state index >= 15 is 0 Å². The molecule has 0 saturated heterocycles. The molecule has 0 radical (unpaired) electrons. The van der Waals surface area contributed by atoms with Crippen molar-refractivity contribution in [3.63, 3.8) is 0 Å². The van der Waals surface area contributed by atoms with Crippen LogP contribution in [0.25, 0.3) is 0 Å². The third-order valence-electron chi connectivity index (χ3n) is 2.74. The highest BCUT2D eigenvalue weighted by Gasteiger charge is 2.30. The first-order valence-electron chi connectivity index (χ1n) is 5.65. The molecule has 7 heteroatoms. The van der Waals surface area contributed by atoms with Crippen LogP contribution in [-0.2, 0) is 16.0 Å². The topological polar surface area (TPSA) is 46.2 Å². The van der Waals surface area contributed by atoms with Gasteiger partial charge in [-0.25, -0.2) is 8.42 Å². The Bertz CT molecular complexity index is 526. The van der Waals surface area contributed by atoms with Crippen molar-refractivity contribution < 1.29 is 21.6 Å². The average molecular weight is 295 g/mol. The van der Waals surface area contributed by atoms with Gasteiger partial charge < -0.3 is 5.32 Å². The molecule has 0 saturated carbocycles. The van der Waals surface area contributed by atoms with E-state index in [9.17, 15) is 21.6 Å². The van der Waals surface area contributed by atoms with Gasteiger partial charge in [0.1, 0.15) is 9.84 Å². The molecule has 0 heterocycles. The first-order chi connectivity index (χ1) is 8.63. The fourth-order valence-electron chi connectivity index (χ4n) is 1.74. The minimum atomic E-state index is -4.40. The maximum atomic E-state index is 12.6. The van der Waals surface area contributed by atoms with Gasteiger partial charge >= 0.3 is 6.18 Å². The van der Waals surface area contributed by atoms with Crippen molar-refractivity contribution in [2.45, 2.75) is 18.6 Å². The van der Waals surface area contributed by atoms with E-state index in [1.165, 1.54) is 6.07 Å². The molecule has 1 aromatic carbocycles. The van der Waals surface area contributed by atoms with E-state index in [1.807, 2.05) is 0 Å². The second kappa shape index (κ2) is 5.92. The van der Waals surface area contributed by atoms with Crippen molar-refractivity contribution in [1.82, 2.24) is 5.32 Å². The molecule has 0 aliphatic rings. The second-order valence-corrected chi connectivity index (χ2v) is 6.64. The number of hydrogen-bond acceptors (Lipinski definition) is 3. The van der Waals surface area contributed by atoms with Gasteiger partial charge in [-0.05, 0) is 31.2 Å². The molecule has 0 fully saturated rings. The molecule has 1 atom stereocenters. The smallest absolute Gasteiger partial charge is 0.313 e. The Morgan fingerprint density at radius 1 is 1.32 bits per heavy atom. The maximum absolute atomic E-state index is 12.6. The normalized spacial score (nSPS) is 14.4. The summed E-state index contributed by atoms with van der Waals surface area (Å²) in [5.74, 6) is -0.0747. The Kier molecular flexibility index (Phi) is 4.98. The van der Waals surface area contributed by atoms with Crippen LogP contribution in [0.5, 0.6) is 0 Å². The lowest BCUT2D eigenvalue weighted by molar-refractivity contribution is -0.137. The predicted octanol–water partition coefficient (Wildman–Crippen LogP) is 2.40. The molecule has 1 rings (SSSR count). The fourth-order valence-corrected chi connectivity index (χ4v) is 2.41. The van der Waals surface area contributed by atoms with E-state index < -0.39 is 27.6 Å². The van der Waals surface area contributed by atoms with Gasteiger partial charge in [0.15, 0.2) is 0 Å². The van der Waals surface area contributed by atoms with Crippen LogP contribution in [-0.4, -0.2) is 27.5 Å². The van der Waals surface area contributed by atoms with Crippen molar-refractivity contribution in [2.75, 3.05) is 19.1 Å². The zero-order valence-electron chi connectivity index (χ0n) is 10.7. The van der Waals surface area contributed by atoms with E-state index in [1.54, 1.807) is 13.1 Å². The summed E-state index contributed by atoms with van der Waals surface area (Å²) in [5, 5.41) is 2.84. The standard InChI is InChI=1S/C12H16F3NO2S/c1-16-11(6-7-19(2,17)18)9-4-3-5-10(8-9)12(13,14)15/h3-5,8,11,16H,6-7H2,1-2H3. The summed E-state index contributed by atoms with van der Waals surface area (Å²) in [4.78, 5) is 0. The monoisotopic (exact) mass is 295 g/mol. The highest BCUT2D eigenvalue weighted by molar-refractivity contribution is 7.90. The molecular formula is C12H16F3NO2S. The quantitative estimate of drug-likeness (QED) is 0.907. The molecule has 0 amide bonds. The molecule has 19 heavy (non-hydrogen) atoms. The Morgan fingerprint density at radius 3 is 2.42 bits per heavy atom. The summed E-state index contributed by atoms with van der Waals surface area (Å²) in [5.41, 5.74) is -0.300. The number of halogens is 3. The molecule has 1 N–H and O–H groups in total. The van der Waals surface area contributed by atoms with E-state index in [0.29, 0.717) is 5.56 Å². The Morgan fingerprint density at radius 2 is 1.95 bits per heavy atom. The minimum Gasteiger partial charge on any atom is -0.313 e. The van der Waals surface area contributed by atoms with Crippen LogP contribution in [0.3, 0.4) is 0 Å². The van der Waals surface area contributed by atoms with Crippen molar-refractivity contribution in [3.05, 3.63) is 35.4 Å². The van der Waals surface area contributed by atoms with Crippen molar-refractivity contribution >= 4 is 9.84 Å². The van der Waals surface area contributed by atoms with Gasteiger partial charge in [-0.2, -0.15) is 13.2 Å². The van der Waals surface area contributed by atoms with E-state index in [0.717, 1.165) is 18.4 Å². The molecule has 0 bridgehead atoms. The third kappa shape index (κ3) is 5.20. The van der Waals surface area contributed by atoms with Crippen molar-refractivity contribution in [2.24, 2.45) is 0 Å². The molecule has 0 aliphatic heterocycles. The highest BCUT2D eigenvalue weighted by atomic mass is 32.2. The van der Waals surface area contributed by atoms with Crippen molar-refractivity contribution in [1.29, 1.82) is 0 Å². The zero-order chi connectivity index (χ0) is 14.7. The molecular weight excluding hydrogens is 279 g/mol. The highest BCUT2D eigenvalue weighted by Crippen LogP contribution is 2.31. The number of benzene rings is 1. The van der Waals surface area contributed by atoms with Crippen LogP contribution in [0, 0.1) is 0 Å². The van der Waals surface area contributed by atoms with Crippen LogP contribution in [0.1, 0.15) is 23.6 Å². The van der Waals surface area contributed by atoms with Crippen LogP contribution in [0.15, 0.2) is 24.3 Å². The number of alkyl halides is 3. The zero-order valence-corrected chi connectivity index (χ0v) is 11.5. The van der Waals surface area contributed by atoms with Crippen LogP contribution in [0.4, 0.5) is 13.2 Å². The number of sulfone groups is 1. The second-order valence-electron chi connectivity index (χ2n) is 4.38. The van der Waals surface area contributed by atoms with Gasteiger partial charge in [-0.1, -0.05) is 12.1 Å². The maximum Gasteiger partial charge on any atom is 0.416 e. The average Bonchev–Trinajstić information content (AvgIpc) is 2.27. The summed E-state index contributed by atoms with van der Waals surface area (Å²) >= 11 is 0. The van der Waals surface area contributed by atoms with Gasteiger partial charge in [0.2, 0.25) is 0 Å². The summed E-state index contributed by atoms with van der Waals surface area (Å²) in [6.07, 6.45) is -3.06. The molecule has 108 valence electrons. The minimum absolute atomic E-state index is 0.0747. The first-order valence-corrected chi connectivity index (χ1v) is 7.71. The van der Waals surface area contributed by atoms with Crippen LogP contribution in [0.2, 0.25) is 0 Å². The summed E-state index contributed by atoms with van der Waals surface area (Å²) < 4.78 is 60.0. The number of rotatable bonds is 5. The first kappa shape index (κ1) is 16.0. The third-order valence-corrected chi connectivity index (χ3v) is 3.72. The lowest BCUT2D eigenvalue weighted by Crippen LogP contribution is -2.20. The lowest BCUT2D eigenvalue weighted by atomic mass is 10.0. The molecule has 3 nitrogen and oxygen atoms in total. The Labute approximate surface area is 110 Å². The SMILES string of the molecule is CNC(CCS(C)(=O)=O)c1cccc(C(F)(F)F)c1. The van der Waals surface area contributed by atoms with Crippen LogP contribution < -0.4 is 5.32 Å². The van der Waals surface area contributed by atoms with Gasteiger partial charge in [0.25, 0.3) is 0 Å². The van der Waals surface area contributed by atoms with Gasteiger partial charge in [-0.15, -0.1) is 0 Å². The molecule has 1 aromatic rings. The van der Waals surface area contributed by atoms with E-state index in [2.05, 4.69) is 5.32 Å². The molecule has 0 aromatic heterocycles. The van der Waals surface area contributed by atoms with E-state index in [-0.39, 0.29) is 12.2 Å². The molecule has 0 spiro atoms. The summed E-state index contributed by atoms with van der Waals surface area (Å²) in [6.45, 7) is 0. The molecule has 0 aliphatic carbocycles. The lowest BCUT2D eigenvalue weighted by Gasteiger charge is -2.17. The van der Waals surface area contributed by atoms with Gasteiger partial charge in [-0.3, -0.25) is 0 Å². The summed E-state index contributed by atoms with van der Waals surface area (Å²) in [6, 6.07) is 4.50. The number of nitrogens with one attached hydrogen (secondary N) is 1. The Balaban J connectivity index is 2.93. The van der Waals surface area contributed by atoms with Gasteiger partial charge in [0, 0.05) is 12.3 Å². The van der Waals surface area contributed by atoms with Gasteiger partial charge in [0.05, 0.1) is 11.3 Å². The Hall–Kier alpha value is -1.08. The fraction of sp³-hybridized carbons (Fsp3) is 0.500. The largest absolute Gasteiger partial charge is 0.416 e.